The van der Waals surface area contributed by atoms with Crippen molar-refractivity contribution < 1.29 is 0 Å². The van der Waals surface area contributed by atoms with Crippen molar-refractivity contribution in [1.82, 2.24) is 5.32 Å². The van der Waals surface area contributed by atoms with E-state index < -0.39 is 0 Å². The first-order chi connectivity index (χ1) is 9.77. The number of nitrogens with one attached hydrogen (secondary N) is 1. The normalized spacial score (nSPS) is 16.4. The molecule has 1 aliphatic heterocycles. The van der Waals surface area contributed by atoms with Crippen LogP contribution in [0.5, 0.6) is 0 Å². The van der Waals surface area contributed by atoms with Gasteiger partial charge in [0.15, 0.2) is 0 Å². The van der Waals surface area contributed by atoms with Crippen molar-refractivity contribution in [2.75, 3.05) is 18.0 Å². The van der Waals surface area contributed by atoms with E-state index in [1.165, 1.54) is 16.8 Å². The smallest absolute Gasteiger partial charge is 0.0529 e. The Kier molecular flexibility index (Phi) is 3.95. The monoisotopic (exact) mass is 286 g/mol. The molecule has 104 valence electrons. The molecule has 0 bridgehead atoms. The summed E-state index contributed by atoms with van der Waals surface area (Å²) in [5.74, 6) is 0. The summed E-state index contributed by atoms with van der Waals surface area (Å²) in [6.07, 6.45) is 0. The number of benzene rings is 2. The minimum Gasteiger partial charge on any atom is -0.363 e. The quantitative estimate of drug-likeness (QED) is 0.897. The van der Waals surface area contributed by atoms with Gasteiger partial charge in [0, 0.05) is 30.3 Å². The first kappa shape index (κ1) is 13.5. The molecule has 0 fully saturated rings. The van der Waals surface area contributed by atoms with Gasteiger partial charge in [0.2, 0.25) is 0 Å². The molecular weight excluding hydrogens is 268 g/mol. The molecule has 20 heavy (non-hydrogen) atoms. The summed E-state index contributed by atoms with van der Waals surface area (Å²) >= 11 is 6.36. The number of hydrogen-bond acceptors (Lipinski definition) is 2. The molecule has 3 heteroatoms. The Morgan fingerprint density at radius 2 is 1.85 bits per heavy atom. The highest BCUT2D eigenvalue weighted by atomic mass is 35.5. The number of para-hydroxylation sites is 1. The average Bonchev–Trinajstić information content (AvgIpc) is 2.69. The van der Waals surface area contributed by atoms with Crippen molar-refractivity contribution in [2.45, 2.75) is 19.5 Å². The highest BCUT2D eigenvalue weighted by Crippen LogP contribution is 2.33. The van der Waals surface area contributed by atoms with Gasteiger partial charge in [0.25, 0.3) is 0 Å². The van der Waals surface area contributed by atoms with Crippen LogP contribution in [0.3, 0.4) is 0 Å². The lowest BCUT2D eigenvalue weighted by atomic mass is 10.0. The molecule has 0 spiro atoms. The van der Waals surface area contributed by atoms with Crippen molar-refractivity contribution in [3.8, 4) is 0 Å². The van der Waals surface area contributed by atoms with E-state index in [1.807, 2.05) is 12.1 Å². The number of anilines is 1. The van der Waals surface area contributed by atoms with Gasteiger partial charge in [-0.1, -0.05) is 48.0 Å². The molecule has 2 aromatic carbocycles. The minimum absolute atomic E-state index is 0.268. The van der Waals surface area contributed by atoms with Gasteiger partial charge in [-0.25, -0.2) is 0 Å². The van der Waals surface area contributed by atoms with E-state index in [0.29, 0.717) is 0 Å². The van der Waals surface area contributed by atoms with Crippen LogP contribution in [0.1, 0.15) is 24.1 Å². The Balaban J connectivity index is 1.99. The van der Waals surface area contributed by atoms with Gasteiger partial charge in [-0.05, 0) is 30.2 Å². The van der Waals surface area contributed by atoms with Crippen LogP contribution in [0, 0.1) is 0 Å². The lowest BCUT2D eigenvalue weighted by Crippen LogP contribution is -2.31. The zero-order chi connectivity index (χ0) is 13.9. The summed E-state index contributed by atoms with van der Waals surface area (Å²) in [4.78, 5) is 2.44. The fourth-order valence-electron chi connectivity index (χ4n) is 2.87. The standard InChI is InChI=1S/C17H19ClN2/c1-13(15-7-3-4-8-16(15)18)20-11-10-19-12-14-6-2-5-9-17(14)20/h2-9,13,19H,10-12H2,1H3. The van der Waals surface area contributed by atoms with E-state index in [1.54, 1.807) is 0 Å². The van der Waals surface area contributed by atoms with E-state index in [0.717, 1.165) is 24.7 Å². The summed E-state index contributed by atoms with van der Waals surface area (Å²) in [7, 11) is 0. The van der Waals surface area contributed by atoms with Gasteiger partial charge in [0.1, 0.15) is 0 Å². The Morgan fingerprint density at radius 1 is 1.10 bits per heavy atom. The fourth-order valence-corrected chi connectivity index (χ4v) is 3.16. The molecule has 0 amide bonds. The van der Waals surface area contributed by atoms with E-state index in [2.05, 4.69) is 53.5 Å². The first-order valence-electron chi connectivity index (χ1n) is 7.07. The number of hydrogen-bond donors (Lipinski definition) is 1. The molecule has 0 saturated heterocycles. The largest absolute Gasteiger partial charge is 0.363 e. The van der Waals surface area contributed by atoms with Crippen LogP contribution in [0.2, 0.25) is 5.02 Å². The van der Waals surface area contributed by atoms with Crippen LogP contribution in [0.4, 0.5) is 5.69 Å². The maximum atomic E-state index is 6.36. The van der Waals surface area contributed by atoms with Gasteiger partial charge in [-0.15, -0.1) is 0 Å². The maximum absolute atomic E-state index is 6.36. The number of rotatable bonds is 2. The van der Waals surface area contributed by atoms with Gasteiger partial charge in [0.05, 0.1) is 6.04 Å². The molecule has 0 saturated carbocycles. The highest BCUT2D eigenvalue weighted by Gasteiger charge is 2.21. The van der Waals surface area contributed by atoms with Crippen LogP contribution in [-0.2, 0) is 6.54 Å². The molecule has 2 nitrogen and oxygen atoms in total. The molecular formula is C17H19ClN2. The molecule has 1 N–H and O–H groups in total. The average molecular weight is 287 g/mol. The second-order valence-electron chi connectivity index (χ2n) is 5.20. The fraction of sp³-hybridized carbons (Fsp3) is 0.294. The van der Waals surface area contributed by atoms with E-state index in [4.69, 9.17) is 11.6 Å². The number of fused-ring (bicyclic) bond motifs is 1. The highest BCUT2D eigenvalue weighted by molar-refractivity contribution is 6.31. The lowest BCUT2D eigenvalue weighted by Gasteiger charge is -2.32. The van der Waals surface area contributed by atoms with Gasteiger partial charge in [-0.2, -0.15) is 0 Å². The lowest BCUT2D eigenvalue weighted by molar-refractivity contribution is 0.639. The van der Waals surface area contributed by atoms with Gasteiger partial charge in [-0.3, -0.25) is 0 Å². The Morgan fingerprint density at radius 3 is 2.70 bits per heavy atom. The molecule has 0 radical (unpaired) electrons. The zero-order valence-electron chi connectivity index (χ0n) is 11.6. The van der Waals surface area contributed by atoms with E-state index in [-0.39, 0.29) is 6.04 Å². The summed E-state index contributed by atoms with van der Waals surface area (Å²) in [5.41, 5.74) is 3.85. The van der Waals surface area contributed by atoms with E-state index in [9.17, 15) is 0 Å². The molecule has 1 heterocycles. The van der Waals surface area contributed by atoms with Gasteiger partial charge >= 0.3 is 0 Å². The van der Waals surface area contributed by atoms with Crippen molar-refractivity contribution in [2.24, 2.45) is 0 Å². The zero-order valence-corrected chi connectivity index (χ0v) is 12.4. The molecule has 0 aromatic heterocycles. The third-order valence-corrected chi connectivity index (χ3v) is 4.31. The van der Waals surface area contributed by atoms with Crippen LogP contribution in [0.15, 0.2) is 48.5 Å². The van der Waals surface area contributed by atoms with Crippen LogP contribution < -0.4 is 10.2 Å². The van der Waals surface area contributed by atoms with Crippen molar-refractivity contribution >= 4 is 17.3 Å². The predicted octanol–water partition coefficient (Wildman–Crippen LogP) is 4.01. The topological polar surface area (TPSA) is 15.3 Å². The Bertz CT molecular complexity index is 597. The molecule has 2 aromatic rings. The summed E-state index contributed by atoms with van der Waals surface area (Å²) in [6.45, 7) is 5.14. The maximum Gasteiger partial charge on any atom is 0.0529 e. The second kappa shape index (κ2) is 5.86. The SMILES string of the molecule is CC(c1ccccc1Cl)N1CCNCc2ccccc21. The minimum atomic E-state index is 0.268. The molecule has 1 atom stereocenters. The third-order valence-electron chi connectivity index (χ3n) is 3.97. The molecule has 3 rings (SSSR count). The molecule has 1 aliphatic rings. The number of halogens is 1. The van der Waals surface area contributed by atoms with E-state index >= 15 is 0 Å². The number of nitrogens with zero attached hydrogens (tertiary/aromatic N) is 1. The van der Waals surface area contributed by atoms with Crippen molar-refractivity contribution in [3.63, 3.8) is 0 Å². The predicted molar refractivity (Wildman–Crippen MR) is 85.4 cm³/mol. The summed E-state index contributed by atoms with van der Waals surface area (Å²) in [6, 6.07) is 17.0. The molecule has 1 unspecified atom stereocenters. The van der Waals surface area contributed by atoms with Gasteiger partial charge < -0.3 is 10.2 Å². The Hall–Kier alpha value is -1.51. The molecule has 0 aliphatic carbocycles. The van der Waals surface area contributed by atoms with Crippen molar-refractivity contribution in [1.29, 1.82) is 0 Å². The Labute approximate surface area is 125 Å². The van der Waals surface area contributed by atoms with Crippen LogP contribution in [-0.4, -0.2) is 13.1 Å². The first-order valence-corrected chi connectivity index (χ1v) is 7.45. The summed E-state index contributed by atoms with van der Waals surface area (Å²) < 4.78 is 0. The van der Waals surface area contributed by atoms with Crippen LogP contribution in [0.25, 0.3) is 0 Å². The van der Waals surface area contributed by atoms with Crippen molar-refractivity contribution in [3.05, 3.63) is 64.7 Å². The summed E-state index contributed by atoms with van der Waals surface area (Å²) in [5, 5.41) is 4.32. The third kappa shape index (κ3) is 2.54. The second-order valence-corrected chi connectivity index (χ2v) is 5.60. The van der Waals surface area contributed by atoms with Crippen LogP contribution >= 0.6 is 11.6 Å².